The van der Waals surface area contributed by atoms with E-state index in [0.717, 1.165) is 0 Å². The Bertz CT molecular complexity index is 476. The number of nitrogens with zero attached hydrogens (tertiary/aromatic N) is 1. The fourth-order valence-electron chi connectivity index (χ4n) is 1.87. The Hall–Kier alpha value is -1.76. The van der Waals surface area contributed by atoms with Crippen LogP contribution >= 0.6 is 0 Å². The zero-order chi connectivity index (χ0) is 16.0. The number of carbonyl (C=O) groups excluding carboxylic acids is 1. The van der Waals surface area contributed by atoms with E-state index < -0.39 is 25.2 Å². The van der Waals surface area contributed by atoms with E-state index >= 15 is 0 Å². The first-order valence-electron chi connectivity index (χ1n) is 6.57. The monoisotopic (exact) mass is 304 g/mol. The summed E-state index contributed by atoms with van der Waals surface area (Å²) in [5.74, 6) is -0.759. The van der Waals surface area contributed by atoms with Gasteiger partial charge in [-0.1, -0.05) is 12.1 Å². The van der Waals surface area contributed by atoms with Crippen molar-refractivity contribution in [3.63, 3.8) is 0 Å². The largest absolute Gasteiger partial charge is 0.406 e. The Morgan fingerprint density at radius 2 is 1.95 bits per heavy atom. The van der Waals surface area contributed by atoms with Crippen LogP contribution in [-0.4, -0.2) is 47.8 Å². The first-order chi connectivity index (χ1) is 9.74. The van der Waals surface area contributed by atoms with E-state index in [2.05, 4.69) is 5.32 Å². The number of hydrogen-bond donors (Lipinski definition) is 2. The van der Waals surface area contributed by atoms with E-state index in [0.29, 0.717) is 10.6 Å². The van der Waals surface area contributed by atoms with Crippen molar-refractivity contribution in [3.8, 4) is 0 Å². The highest BCUT2D eigenvalue weighted by Crippen LogP contribution is 2.22. The highest BCUT2D eigenvalue weighted by molar-refractivity contribution is 5.99. The highest BCUT2D eigenvalue weighted by Gasteiger charge is 2.33. The third-order valence-electron chi connectivity index (χ3n) is 2.63. The first kappa shape index (κ1) is 17.3. The minimum Gasteiger partial charge on any atom is -0.395 e. The number of amides is 1. The Labute approximate surface area is 121 Å². The van der Waals surface area contributed by atoms with Gasteiger partial charge in [-0.25, -0.2) is 0 Å². The SMILES string of the molecule is CC(C)Nc1ccccc1C(=O)N(CCO)CC(F)(F)F. The zero-order valence-corrected chi connectivity index (χ0v) is 11.9. The molecule has 1 rings (SSSR count). The molecule has 0 saturated carbocycles. The number of carbonyl (C=O) groups is 1. The van der Waals surface area contributed by atoms with Crippen molar-refractivity contribution < 1.29 is 23.1 Å². The lowest BCUT2D eigenvalue weighted by molar-refractivity contribution is -0.141. The van der Waals surface area contributed by atoms with E-state index in [-0.39, 0.29) is 18.2 Å². The molecule has 7 heteroatoms. The Morgan fingerprint density at radius 1 is 1.33 bits per heavy atom. The van der Waals surface area contributed by atoms with Crippen molar-refractivity contribution in [1.82, 2.24) is 4.90 Å². The van der Waals surface area contributed by atoms with Crippen LogP contribution in [0.3, 0.4) is 0 Å². The number of alkyl halides is 3. The fraction of sp³-hybridized carbons (Fsp3) is 0.500. The highest BCUT2D eigenvalue weighted by atomic mass is 19.4. The molecule has 0 bridgehead atoms. The number of halogens is 3. The van der Waals surface area contributed by atoms with Crippen LogP contribution in [0.2, 0.25) is 0 Å². The van der Waals surface area contributed by atoms with Crippen molar-refractivity contribution in [2.75, 3.05) is 25.0 Å². The summed E-state index contributed by atoms with van der Waals surface area (Å²) >= 11 is 0. The molecule has 0 aliphatic heterocycles. The van der Waals surface area contributed by atoms with Gasteiger partial charge in [-0.05, 0) is 26.0 Å². The van der Waals surface area contributed by atoms with E-state index in [4.69, 9.17) is 5.11 Å². The van der Waals surface area contributed by atoms with Crippen LogP contribution in [0.5, 0.6) is 0 Å². The molecule has 1 aromatic rings. The average molecular weight is 304 g/mol. The summed E-state index contributed by atoms with van der Waals surface area (Å²) in [6, 6.07) is 6.42. The van der Waals surface area contributed by atoms with Crippen molar-refractivity contribution in [2.45, 2.75) is 26.1 Å². The third kappa shape index (κ3) is 5.63. The van der Waals surface area contributed by atoms with Gasteiger partial charge in [-0.3, -0.25) is 4.79 Å². The molecule has 0 radical (unpaired) electrons. The molecule has 0 aromatic heterocycles. The maximum absolute atomic E-state index is 12.5. The predicted molar refractivity (Wildman–Crippen MR) is 74.2 cm³/mol. The van der Waals surface area contributed by atoms with Gasteiger partial charge in [-0.2, -0.15) is 13.2 Å². The van der Waals surface area contributed by atoms with E-state index in [1.165, 1.54) is 6.07 Å². The van der Waals surface area contributed by atoms with Gasteiger partial charge in [0, 0.05) is 18.3 Å². The number of anilines is 1. The number of rotatable bonds is 6. The van der Waals surface area contributed by atoms with Crippen molar-refractivity contribution in [1.29, 1.82) is 0 Å². The quantitative estimate of drug-likeness (QED) is 0.849. The maximum Gasteiger partial charge on any atom is 0.406 e. The summed E-state index contributed by atoms with van der Waals surface area (Å²) in [5.41, 5.74) is 0.631. The van der Waals surface area contributed by atoms with Gasteiger partial charge in [0.15, 0.2) is 0 Å². The molecule has 0 spiro atoms. The second-order valence-corrected chi connectivity index (χ2v) is 4.91. The summed E-state index contributed by atoms with van der Waals surface area (Å²) in [4.78, 5) is 12.9. The zero-order valence-electron chi connectivity index (χ0n) is 11.9. The molecule has 0 aliphatic carbocycles. The van der Waals surface area contributed by atoms with Crippen LogP contribution in [0.25, 0.3) is 0 Å². The average Bonchev–Trinajstić information content (AvgIpc) is 2.36. The molecule has 118 valence electrons. The predicted octanol–water partition coefficient (Wildman–Crippen LogP) is 2.50. The number of aliphatic hydroxyl groups excluding tert-OH is 1. The van der Waals surface area contributed by atoms with Crippen LogP contribution in [0.15, 0.2) is 24.3 Å². The number of aliphatic hydroxyl groups is 1. The van der Waals surface area contributed by atoms with Crippen LogP contribution in [-0.2, 0) is 0 Å². The van der Waals surface area contributed by atoms with E-state index in [9.17, 15) is 18.0 Å². The normalized spacial score (nSPS) is 11.6. The summed E-state index contributed by atoms with van der Waals surface area (Å²) in [5, 5.41) is 11.9. The van der Waals surface area contributed by atoms with Crippen LogP contribution < -0.4 is 5.32 Å². The molecule has 0 fully saturated rings. The van der Waals surface area contributed by atoms with Crippen LogP contribution in [0, 0.1) is 0 Å². The van der Waals surface area contributed by atoms with Crippen LogP contribution in [0.4, 0.5) is 18.9 Å². The molecule has 0 unspecified atom stereocenters. The third-order valence-corrected chi connectivity index (χ3v) is 2.63. The van der Waals surface area contributed by atoms with Gasteiger partial charge in [0.25, 0.3) is 5.91 Å². The van der Waals surface area contributed by atoms with Gasteiger partial charge < -0.3 is 15.3 Å². The molecule has 1 amide bonds. The van der Waals surface area contributed by atoms with Gasteiger partial charge in [0.2, 0.25) is 0 Å². The summed E-state index contributed by atoms with van der Waals surface area (Å²) in [6.07, 6.45) is -4.51. The molecule has 21 heavy (non-hydrogen) atoms. The second-order valence-electron chi connectivity index (χ2n) is 4.91. The molecule has 0 saturated heterocycles. The van der Waals surface area contributed by atoms with Crippen LogP contribution in [0.1, 0.15) is 24.2 Å². The first-order valence-corrected chi connectivity index (χ1v) is 6.57. The Balaban J connectivity index is 3.03. The summed E-state index contributed by atoms with van der Waals surface area (Å²) in [7, 11) is 0. The number of nitrogens with one attached hydrogen (secondary N) is 1. The molecule has 4 nitrogen and oxygen atoms in total. The lowest BCUT2D eigenvalue weighted by atomic mass is 10.1. The Kier molecular flexibility index (Phi) is 6.02. The molecule has 0 heterocycles. The minimum atomic E-state index is -4.51. The van der Waals surface area contributed by atoms with Gasteiger partial charge in [0.05, 0.1) is 12.2 Å². The molecule has 0 aliphatic rings. The molecular formula is C14H19F3N2O2. The van der Waals surface area contributed by atoms with Gasteiger partial charge >= 0.3 is 6.18 Å². The molecule has 2 N–H and O–H groups in total. The minimum absolute atomic E-state index is 0.0351. The molecule has 0 atom stereocenters. The second kappa shape index (κ2) is 7.31. The Morgan fingerprint density at radius 3 is 2.48 bits per heavy atom. The van der Waals surface area contributed by atoms with Gasteiger partial charge in [0.1, 0.15) is 6.54 Å². The topological polar surface area (TPSA) is 52.6 Å². The van der Waals surface area contributed by atoms with E-state index in [1.807, 2.05) is 13.8 Å². The van der Waals surface area contributed by atoms with Crippen molar-refractivity contribution >= 4 is 11.6 Å². The van der Waals surface area contributed by atoms with Gasteiger partial charge in [-0.15, -0.1) is 0 Å². The lowest BCUT2D eigenvalue weighted by Gasteiger charge is -2.24. The van der Waals surface area contributed by atoms with Crippen molar-refractivity contribution in [2.24, 2.45) is 0 Å². The maximum atomic E-state index is 12.5. The molecular weight excluding hydrogens is 285 g/mol. The number of hydrogen-bond acceptors (Lipinski definition) is 3. The number of benzene rings is 1. The van der Waals surface area contributed by atoms with Crippen molar-refractivity contribution in [3.05, 3.63) is 29.8 Å². The summed E-state index contributed by atoms with van der Waals surface area (Å²) < 4.78 is 37.6. The fourth-order valence-corrected chi connectivity index (χ4v) is 1.87. The lowest BCUT2D eigenvalue weighted by Crippen LogP contribution is -2.41. The summed E-state index contributed by atoms with van der Waals surface area (Å²) in [6.45, 7) is 1.45. The standard InChI is InChI=1S/C14H19F3N2O2/c1-10(2)18-12-6-4-3-5-11(12)13(21)19(7-8-20)9-14(15,16)17/h3-6,10,18,20H,7-9H2,1-2H3. The smallest absolute Gasteiger partial charge is 0.395 e. The molecule has 1 aromatic carbocycles. The number of para-hydroxylation sites is 1. The van der Waals surface area contributed by atoms with E-state index in [1.54, 1.807) is 18.2 Å².